The van der Waals surface area contributed by atoms with E-state index in [1.165, 1.54) is 0 Å². The van der Waals surface area contributed by atoms with E-state index < -0.39 is 17.2 Å². The van der Waals surface area contributed by atoms with Gasteiger partial charge in [-0.3, -0.25) is 14.4 Å². The van der Waals surface area contributed by atoms with E-state index in [2.05, 4.69) is 16.4 Å². The number of nitrogens with one attached hydrogen (secondary N) is 1. The Kier molecular flexibility index (Phi) is 10.3. The average Bonchev–Trinajstić information content (AvgIpc) is 3.74. The Hall–Kier alpha value is -4.76. The van der Waals surface area contributed by atoms with Crippen molar-refractivity contribution in [3.05, 3.63) is 86.2 Å². The van der Waals surface area contributed by atoms with Gasteiger partial charge in [-0.1, -0.05) is 31.4 Å². The van der Waals surface area contributed by atoms with Gasteiger partial charge in [0, 0.05) is 45.9 Å². The van der Waals surface area contributed by atoms with Gasteiger partial charge in [0.25, 0.3) is 11.8 Å². The van der Waals surface area contributed by atoms with Gasteiger partial charge in [0.05, 0.1) is 24.1 Å². The fraction of sp³-hybridized carbons (Fsp3) is 0.526. The van der Waals surface area contributed by atoms with E-state index in [-0.39, 0.29) is 30.3 Å². The Balaban J connectivity index is 1.52. The Labute approximate surface area is 293 Å². The van der Waals surface area contributed by atoms with Crippen LogP contribution in [0, 0.1) is 11.3 Å². The smallest absolute Gasteiger partial charge is 0.345 e. The third-order valence-electron chi connectivity index (χ3n) is 10.6. The second kappa shape index (κ2) is 14.6. The van der Waals surface area contributed by atoms with Crippen molar-refractivity contribution >= 4 is 17.7 Å². The van der Waals surface area contributed by atoms with Gasteiger partial charge in [-0.25, -0.2) is 4.79 Å². The number of amides is 3. The van der Waals surface area contributed by atoms with Crippen LogP contribution in [0.25, 0.3) is 0 Å². The van der Waals surface area contributed by atoms with Crippen LogP contribution >= 0.6 is 0 Å². The number of rotatable bonds is 9. The van der Waals surface area contributed by atoms with E-state index in [9.17, 15) is 24.4 Å². The van der Waals surface area contributed by atoms with Crippen molar-refractivity contribution in [1.29, 1.82) is 5.26 Å². The first-order valence-electron chi connectivity index (χ1n) is 17.8. The number of likely N-dealkylation sites (tertiary alicyclic amines) is 1. The molecule has 1 saturated heterocycles. The van der Waals surface area contributed by atoms with Gasteiger partial charge in [0.15, 0.2) is 5.82 Å². The minimum atomic E-state index is -1.02. The van der Waals surface area contributed by atoms with Crippen LogP contribution in [-0.2, 0) is 23.1 Å². The highest BCUT2D eigenvalue weighted by Gasteiger charge is 2.46. The zero-order valence-electron chi connectivity index (χ0n) is 29.5. The third-order valence-corrected chi connectivity index (χ3v) is 10.6. The molecule has 2 fully saturated rings. The van der Waals surface area contributed by atoms with Crippen LogP contribution in [0.15, 0.2) is 45.7 Å². The highest BCUT2D eigenvalue weighted by Crippen LogP contribution is 2.48. The van der Waals surface area contributed by atoms with Crippen molar-refractivity contribution in [3.63, 3.8) is 0 Å². The third kappa shape index (κ3) is 6.59. The first-order valence-corrected chi connectivity index (χ1v) is 17.8. The molecule has 0 radical (unpaired) electrons. The SMILES string of the molecule is CN(C)C(=O)c1ccc2c(c1)CCc1cc(C(=O)N(C)C)ccc1C2(CCNCC(=O)N1CCC[C@H]1C#N)c1nc(=O)on1C1CCCCC1. The molecule has 264 valence electrons. The van der Waals surface area contributed by atoms with Gasteiger partial charge < -0.3 is 24.5 Å². The number of carbonyl (C=O) groups is 3. The monoisotopic (exact) mass is 681 g/mol. The molecular formula is C38H47N7O5. The number of aryl methyl sites for hydroxylation is 2. The average molecular weight is 682 g/mol. The van der Waals surface area contributed by atoms with Crippen LogP contribution in [0.5, 0.6) is 0 Å². The highest BCUT2D eigenvalue weighted by atomic mass is 16.5. The largest absolute Gasteiger partial charge is 0.459 e. The molecule has 1 saturated carbocycles. The molecule has 1 aliphatic heterocycles. The number of carbonyl (C=O) groups excluding carboxylic acids is 3. The number of nitriles is 1. The number of aromatic nitrogens is 2. The summed E-state index contributed by atoms with van der Waals surface area (Å²) in [6.07, 6.45) is 7.96. The molecule has 3 aromatic rings. The summed E-state index contributed by atoms with van der Waals surface area (Å²) in [6, 6.07) is 13.3. The Morgan fingerprint density at radius 3 is 2.08 bits per heavy atom. The molecule has 0 bridgehead atoms. The van der Waals surface area contributed by atoms with Crippen LogP contribution in [0.2, 0.25) is 0 Å². The van der Waals surface area contributed by atoms with Crippen LogP contribution in [0.1, 0.15) is 106 Å². The molecule has 2 heterocycles. The summed E-state index contributed by atoms with van der Waals surface area (Å²) < 4.78 is 7.68. The van der Waals surface area contributed by atoms with Crippen molar-refractivity contribution in [1.82, 2.24) is 29.7 Å². The van der Waals surface area contributed by atoms with Crippen LogP contribution in [0.3, 0.4) is 0 Å². The lowest BCUT2D eigenvalue weighted by molar-refractivity contribution is -0.130. The summed E-state index contributed by atoms with van der Waals surface area (Å²) in [6.45, 7) is 1.00. The van der Waals surface area contributed by atoms with Crippen LogP contribution < -0.4 is 11.1 Å². The lowest BCUT2D eigenvalue weighted by Crippen LogP contribution is -2.43. The molecule has 0 unspecified atom stereocenters. The maximum absolute atomic E-state index is 13.2. The van der Waals surface area contributed by atoms with E-state index >= 15 is 0 Å². The van der Waals surface area contributed by atoms with E-state index in [1.54, 1.807) is 47.6 Å². The maximum atomic E-state index is 13.2. The Morgan fingerprint density at radius 2 is 1.52 bits per heavy atom. The van der Waals surface area contributed by atoms with Crippen molar-refractivity contribution < 1.29 is 18.9 Å². The minimum Gasteiger partial charge on any atom is -0.345 e. The first-order chi connectivity index (χ1) is 24.0. The summed E-state index contributed by atoms with van der Waals surface area (Å²) in [5.74, 6) is -0.524. The van der Waals surface area contributed by atoms with Gasteiger partial charge in [-0.2, -0.15) is 15.0 Å². The van der Waals surface area contributed by atoms with E-state index in [4.69, 9.17) is 4.52 Å². The maximum Gasteiger partial charge on any atom is 0.459 e. The fourth-order valence-corrected chi connectivity index (χ4v) is 8.15. The lowest BCUT2D eigenvalue weighted by atomic mass is 9.68. The minimum absolute atomic E-state index is 0.0437. The van der Waals surface area contributed by atoms with Crippen molar-refractivity contribution in [2.45, 2.75) is 81.7 Å². The van der Waals surface area contributed by atoms with Gasteiger partial charge in [0.2, 0.25) is 5.91 Å². The molecule has 1 N–H and O–H groups in total. The summed E-state index contributed by atoms with van der Waals surface area (Å²) in [5.41, 5.74) is 3.81. The number of benzene rings is 2. The molecule has 3 aliphatic rings. The van der Waals surface area contributed by atoms with Gasteiger partial charge in [-0.15, -0.1) is 0 Å². The lowest BCUT2D eigenvalue weighted by Gasteiger charge is -2.37. The van der Waals surface area contributed by atoms with E-state index in [0.29, 0.717) is 55.7 Å². The topological polar surface area (TPSA) is 145 Å². The molecule has 1 aromatic heterocycles. The van der Waals surface area contributed by atoms with Crippen LogP contribution in [-0.4, -0.2) is 96.0 Å². The molecule has 1 atom stereocenters. The van der Waals surface area contributed by atoms with Crippen molar-refractivity contribution in [2.24, 2.45) is 0 Å². The fourth-order valence-electron chi connectivity index (χ4n) is 8.15. The quantitative estimate of drug-likeness (QED) is 0.337. The normalized spacial score (nSPS) is 18.5. The Bertz CT molecular complexity index is 1790. The number of hydrogen-bond acceptors (Lipinski definition) is 8. The molecule has 12 heteroatoms. The van der Waals surface area contributed by atoms with E-state index in [1.807, 2.05) is 36.4 Å². The number of fused-ring (bicyclic) bond motifs is 2. The second-order valence-corrected chi connectivity index (χ2v) is 14.3. The number of nitrogens with zero attached hydrogens (tertiary/aromatic N) is 6. The zero-order valence-corrected chi connectivity index (χ0v) is 29.5. The van der Waals surface area contributed by atoms with Crippen LogP contribution in [0.4, 0.5) is 0 Å². The standard InChI is InChI=1S/C38H47N7O5/c1-42(2)34(47)27-14-16-31-25(21-27)12-13-26-22-28(35(48)43(3)4)15-17-32(26)38(31,18-19-40-24-33(46)44-20-8-11-30(44)23-39)36-41-37(49)50-45(36)29-9-6-5-7-10-29/h14-17,21-22,29-30,40H,5-13,18-20,24H2,1-4H3/t30-/m0/s1. The number of hydrogen-bond donors (Lipinski definition) is 1. The van der Waals surface area contributed by atoms with Gasteiger partial charge >= 0.3 is 5.76 Å². The van der Waals surface area contributed by atoms with Crippen molar-refractivity contribution in [3.8, 4) is 6.07 Å². The van der Waals surface area contributed by atoms with Crippen molar-refractivity contribution in [2.75, 3.05) is 47.8 Å². The molecule has 12 nitrogen and oxygen atoms in total. The zero-order chi connectivity index (χ0) is 35.6. The second-order valence-electron chi connectivity index (χ2n) is 14.3. The molecule has 50 heavy (non-hydrogen) atoms. The molecule has 0 spiro atoms. The molecule has 2 aromatic carbocycles. The molecular weight excluding hydrogens is 634 g/mol. The predicted octanol–water partition coefficient (Wildman–Crippen LogP) is 3.67. The molecule has 2 aliphatic carbocycles. The molecule has 3 amide bonds. The van der Waals surface area contributed by atoms with Gasteiger partial charge in [0.1, 0.15) is 6.04 Å². The summed E-state index contributed by atoms with van der Waals surface area (Å²) >= 11 is 0. The van der Waals surface area contributed by atoms with E-state index in [0.717, 1.165) is 60.8 Å². The summed E-state index contributed by atoms with van der Waals surface area (Å²) in [4.78, 5) is 62.2. The summed E-state index contributed by atoms with van der Waals surface area (Å²) in [7, 11) is 6.90. The first kappa shape index (κ1) is 35.1. The predicted molar refractivity (Wildman–Crippen MR) is 187 cm³/mol. The summed E-state index contributed by atoms with van der Waals surface area (Å²) in [5, 5.41) is 12.9. The molecule has 6 rings (SSSR count). The Morgan fingerprint density at radius 1 is 0.920 bits per heavy atom. The van der Waals surface area contributed by atoms with Gasteiger partial charge in [-0.05, 0) is 98.0 Å². The highest BCUT2D eigenvalue weighted by molar-refractivity contribution is 5.95.